The molecule has 0 saturated carbocycles. The molecule has 0 spiro atoms. The molecule has 1 aliphatic rings. The lowest BCUT2D eigenvalue weighted by Gasteiger charge is -2.21. The Labute approximate surface area is 156 Å². The quantitative estimate of drug-likeness (QED) is 0.705. The number of nitrogens with one attached hydrogen (secondary N) is 3. The normalized spacial score (nSPS) is 19.2. The van der Waals surface area contributed by atoms with Crippen LogP contribution in [0.4, 0.5) is 10.5 Å². The van der Waals surface area contributed by atoms with E-state index >= 15 is 0 Å². The maximum absolute atomic E-state index is 12.6. The lowest BCUT2D eigenvalue weighted by molar-refractivity contribution is -0.123. The molecule has 2 aromatic rings. The van der Waals surface area contributed by atoms with E-state index in [4.69, 9.17) is 0 Å². The van der Waals surface area contributed by atoms with Crippen molar-refractivity contribution < 1.29 is 14.4 Å². The van der Waals surface area contributed by atoms with Gasteiger partial charge in [0.15, 0.2) is 0 Å². The van der Waals surface area contributed by atoms with Crippen molar-refractivity contribution >= 4 is 34.9 Å². The first-order chi connectivity index (χ1) is 12.3. The topological polar surface area (TPSA) is 87.3 Å². The molecular weight excluding hydrogens is 350 g/mol. The predicted octanol–water partition coefficient (Wildman–Crippen LogP) is 3.32. The summed E-state index contributed by atoms with van der Waals surface area (Å²) in [6.07, 6.45) is 1.99. The molecular formula is C19H21N3O3S. The summed E-state index contributed by atoms with van der Waals surface area (Å²) in [5.74, 6) is -0.591. The van der Waals surface area contributed by atoms with Crippen molar-refractivity contribution in [1.82, 2.24) is 10.6 Å². The number of aryl methyl sites for hydroxylation is 2. The summed E-state index contributed by atoms with van der Waals surface area (Å²) in [7, 11) is 0. The van der Waals surface area contributed by atoms with Gasteiger partial charge in [-0.3, -0.25) is 14.9 Å². The van der Waals surface area contributed by atoms with Crippen molar-refractivity contribution in [3.8, 4) is 0 Å². The third-order valence-electron chi connectivity index (χ3n) is 4.51. The number of urea groups is 1. The summed E-state index contributed by atoms with van der Waals surface area (Å²) in [5.41, 5.74) is 1.23. The molecule has 3 N–H and O–H groups in total. The highest BCUT2D eigenvalue weighted by Gasteiger charge is 2.43. The fourth-order valence-corrected chi connectivity index (χ4v) is 3.96. The lowest BCUT2D eigenvalue weighted by atomic mass is 9.92. The molecule has 1 aromatic carbocycles. The van der Waals surface area contributed by atoms with Crippen LogP contribution in [-0.4, -0.2) is 17.8 Å². The van der Waals surface area contributed by atoms with E-state index in [0.29, 0.717) is 16.1 Å². The van der Waals surface area contributed by atoms with Gasteiger partial charge in [0.2, 0.25) is 0 Å². The number of thiophene rings is 1. The van der Waals surface area contributed by atoms with Crippen LogP contribution in [0.5, 0.6) is 0 Å². The average molecular weight is 371 g/mol. The summed E-state index contributed by atoms with van der Waals surface area (Å²) in [4.78, 5) is 37.9. The van der Waals surface area contributed by atoms with Gasteiger partial charge in [-0.25, -0.2) is 4.79 Å². The van der Waals surface area contributed by atoms with E-state index in [2.05, 4.69) is 22.9 Å². The van der Waals surface area contributed by atoms with Crippen LogP contribution in [0.2, 0.25) is 0 Å². The van der Waals surface area contributed by atoms with Gasteiger partial charge in [0.1, 0.15) is 5.54 Å². The molecule has 1 aromatic heterocycles. The number of hydrogen-bond donors (Lipinski definition) is 3. The van der Waals surface area contributed by atoms with E-state index < -0.39 is 17.5 Å². The number of amides is 4. The Morgan fingerprint density at radius 1 is 1.27 bits per heavy atom. The molecule has 1 fully saturated rings. The van der Waals surface area contributed by atoms with Crippen LogP contribution in [0.1, 0.15) is 45.9 Å². The van der Waals surface area contributed by atoms with Crippen molar-refractivity contribution in [3.05, 3.63) is 51.2 Å². The first-order valence-corrected chi connectivity index (χ1v) is 9.30. The van der Waals surface area contributed by atoms with Gasteiger partial charge >= 0.3 is 6.03 Å². The Bertz CT molecular complexity index is 890. The second-order valence-corrected chi connectivity index (χ2v) is 7.77. The average Bonchev–Trinajstić information content (AvgIpc) is 3.08. The maximum atomic E-state index is 12.6. The van der Waals surface area contributed by atoms with E-state index in [1.54, 1.807) is 31.2 Å². The highest BCUT2D eigenvalue weighted by molar-refractivity contribution is 7.14. The van der Waals surface area contributed by atoms with E-state index in [-0.39, 0.29) is 5.91 Å². The van der Waals surface area contributed by atoms with Crippen LogP contribution < -0.4 is 16.0 Å². The van der Waals surface area contributed by atoms with E-state index in [0.717, 1.165) is 17.7 Å². The molecule has 0 bridgehead atoms. The van der Waals surface area contributed by atoms with Crippen molar-refractivity contribution in [2.45, 2.75) is 39.2 Å². The standard InChI is InChI=1S/C19H21N3O3S/c1-4-6-12-9-15(26-11(12)2)16(23)20-14-8-5-7-13(10-14)19(3)17(24)21-18(25)22-19/h5,7-10H,4,6H2,1-3H3,(H,20,23)(H2,21,22,24,25)/t19-/m0/s1. The third-order valence-corrected chi connectivity index (χ3v) is 5.60. The maximum Gasteiger partial charge on any atom is 0.322 e. The number of imide groups is 1. The SMILES string of the molecule is CCCc1cc(C(=O)Nc2cccc([C@]3(C)NC(=O)NC3=O)c2)sc1C. The molecule has 1 aliphatic heterocycles. The summed E-state index contributed by atoms with van der Waals surface area (Å²) in [5, 5.41) is 7.74. The molecule has 3 rings (SSSR count). The van der Waals surface area contributed by atoms with Gasteiger partial charge in [-0.15, -0.1) is 11.3 Å². The fourth-order valence-electron chi connectivity index (χ4n) is 3.00. The molecule has 26 heavy (non-hydrogen) atoms. The molecule has 0 radical (unpaired) electrons. The molecule has 7 heteroatoms. The van der Waals surface area contributed by atoms with Crippen molar-refractivity contribution in [1.29, 1.82) is 0 Å². The molecule has 2 heterocycles. The Hall–Kier alpha value is -2.67. The van der Waals surface area contributed by atoms with Gasteiger partial charge in [-0.2, -0.15) is 0 Å². The summed E-state index contributed by atoms with van der Waals surface area (Å²) >= 11 is 1.48. The zero-order chi connectivity index (χ0) is 18.9. The van der Waals surface area contributed by atoms with Crippen molar-refractivity contribution in [3.63, 3.8) is 0 Å². The van der Waals surface area contributed by atoms with Crippen LogP contribution in [0.15, 0.2) is 30.3 Å². The van der Waals surface area contributed by atoms with E-state index in [1.807, 2.05) is 13.0 Å². The largest absolute Gasteiger partial charge is 0.322 e. The monoisotopic (exact) mass is 371 g/mol. The van der Waals surface area contributed by atoms with Crippen LogP contribution in [0.3, 0.4) is 0 Å². The fraction of sp³-hybridized carbons (Fsp3) is 0.316. The van der Waals surface area contributed by atoms with Gasteiger partial charge in [0.05, 0.1) is 4.88 Å². The summed E-state index contributed by atoms with van der Waals surface area (Å²) in [6, 6.07) is 8.37. The molecule has 1 saturated heterocycles. The Balaban J connectivity index is 1.81. The highest BCUT2D eigenvalue weighted by atomic mass is 32.1. The first kappa shape index (κ1) is 18.1. The van der Waals surface area contributed by atoms with Gasteiger partial charge in [-0.1, -0.05) is 25.5 Å². The summed E-state index contributed by atoms with van der Waals surface area (Å²) < 4.78 is 0. The Kier molecular flexibility index (Phi) is 4.82. The van der Waals surface area contributed by atoms with Crippen LogP contribution >= 0.6 is 11.3 Å². The second-order valence-electron chi connectivity index (χ2n) is 6.51. The van der Waals surface area contributed by atoms with Gasteiger partial charge in [0, 0.05) is 10.6 Å². The Morgan fingerprint density at radius 2 is 2.04 bits per heavy atom. The number of rotatable bonds is 5. The zero-order valence-corrected chi connectivity index (χ0v) is 15.8. The molecule has 0 aliphatic carbocycles. The molecule has 0 unspecified atom stereocenters. The second kappa shape index (κ2) is 6.92. The van der Waals surface area contributed by atoms with Crippen molar-refractivity contribution in [2.24, 2.45) is 0 Å². The zero-order valence-electron chi connectivity index (χ0n) is 14.9. The van der Waals surface area contributed by atoms with E-state index in [9.17, 15) is 14.4 Å². The van der Waals surface area contributed by atoms with Crippen LogP contribution in [-0.2, 0) is 16.8 Å². The van der Waals surface area contributed by atoms with Gasteiger partial charge in [-0.05, 0) is 49.6 Å². The smallest absolute Gasteiger partial charge is 0.321 e. The molecule has 6 nitrogen and oxygen atoms in total. The third kappa shape index (κ3) is 3.35. The minimum absolute atomic E-state index is 0.178. The van der Waals surface area contributed by atoms with Crippen molar-refractivity contribution in [2.75, 3.05) is 5.32 Å². The molecule has 4 amide bonds. The number of hydrogen-bond acceptors (Lipinski definition) is 4. The number of carbonyl (C=O) groups excluding carboxylic acids is 3. The lowest BCUT2D eigenvalue weighted by Crippen LogP contribution is -2.40. The van der Waals surface area contributed by atoms with Crippen LogP contribution in [0, 0.1) is 6.92 Å². The molecule has 1 atom stereocenters. The van der Waals surface area contributed by atoms with E-state index in [1.165, 1.54) is 16.9 Å². The highest BCUT2D eigenvalue weighted by Crippen LogP contribution is 2.28. The number of carbonyl (C=O) groups is 3. The summed E-state index contributed by atoms with van der Waals surface area (Å²) in [6.45, 7) is 5.77. The minimum Gasteiger partial charge on any atom is -0.321 e. The van der Waals surface area contributed by atoms with Crippen LogP contribution in [0.25, 0.3) is 0 Å². The minimum atomic E-state index is -1.15. The van der Waals surface area contributed by atoms with Gasteiger partial charge < -0.3 is 10.6 Å². The number of anilines is 1. The van der Waals surface area contributed by atoms with Gasteiger partial charge in [0.25, 0.3) is 11.8 Å². The first-order valence-electron chi connectivity index (χ1n) is 8.48. The molecule has 136 valence electrons. The predicted molar refractivity (Wildman–Crippen MR) is 101 cm³/mol. The number of benzene rings is 1. The Morgan fingerprint density at radius 3 is 2.69 bits per heavy atom.